The molecule has 0 saturated carbocycles. The Morgan fingerprint density at radius 3 is 2.65 bits per heavy atom. The first kappa shape index (κ1) is 15.5. The number of aromatic amines is 1. The SMILES string of the molecule is O=C(O)CCC[C@@H](NC(=O)NCc1cn[nH]c1)C(=O)O. The van der Waals surface area contributed by atoms with Gasteiger partial charge in [0.05, 0.1) is 6.20 Å². The van der Waals surface area contributed by atoms with Gasteiger partial charge in [-0.15, -0.1) is 0 Å². The lowest BCUT2D eigenvalue weighted by atomic mass is 10.1. The van der Waals surface area contributed by atoms with Crippen LogP contribution in [0.15, 0.2) is 12.4 Å². The van der Waals surface area contributed by atoms with E-state index in [-0.39, 0.29) is 25.8 Å². The van der Waals surface area contributed by atoms with Gasteiger partial charge < -0.3 is 20.8 Å². The number of urea groups is 1. The Hall–Kier alpha value is -2.58. The number of carboxylic acid groups (broad SMARTS) is 2. The Labute approximate surface area is 114 Å². The third-order valence-corrected chi connectivity index (χ3v) is 2.49. The van der Waals surface area contributed by atoms with Crippen molar-refractivity contribution in [2.24, 2.45) is 0 Å². The number of nitrogens with one attached hydrogen (secondary N) is 3. The van der Waals surface area contributed by atoms with Crippen molar-refractivity contribution >= 4 is 18.0 Å². The summed E-state index contributed by atoms with van der Waals surface area (Å²) >= 11 is 0. The lowest BCUT2D eigenvalue weighted by molar-refractivity contribution is -0.140. The van der Waals surface area contributed by atoms with Crippen LogP contribution in [0.5, 0.6) is 0 Å². The molecule has 0 aromatic carbocycles. The molecule has 0 aliphatic heterocycles. The van der Waals surface area contributed by atoms with Crippen LogP contribution in [0.25, 0.3) is 0 Å². The normalized spacial score (nSPS) is 11.6. The fourth-order valence-electron chi connectivity index (χ4n) is 1.48. The third-order valence-electron chi connectivity index (χ3n) is 2.49. The predicted octanol–water partition coefficient (Wildman–Crippen LogP) is -0.0830. The zero-order valence-electron chi connectivity index (χ0n) is 10.6. The number of nitrogens with zero attached hydrogens (tertiary/aromatic N) is 1. The Morgan fingerprint density at radius 2 is 2.10 bits per heavy atom. The number of carbonyl (C=O) groups is 3. The summed E-state index contributed by atoms with van der Waals surface area (Å²) in [4.78, 5) is 32.8. The molecule has 0 spiro atoms. The van der Waals surface area contributed by atoms with Crippen LogP contribution in [-0.4, -0.2) is 44.4 Å². The van der Waals surface area contributed by atoms with Crippen LogP contribution in [-0.2, 0) is 16.1 Å². The number of rotatable bonds is 8. The van der Waals surface area contributed by atoms with E-state index >= 15 is 0 Å². The van der Waals surface area contributed by atoms with E-state index in [9.17, 15) is 14.4 Å². The number of hydrogen-bond acceptors (Lipinski definition) is 4. The number of aromatic nitrogens is 2. The largest absolute Gasteiger partial charge is 0.481 e. The highest BCUT2D eigenvalue weighted by molar-refractivity contribution is 5.82. The van der Waals surface area contributed by atoms with E-state index in [0.717, 1.165) is 5.56 Å². The van der Waals surface area contributed by atoms with Crippen LogP contribution < -0.4 is 10.6 Å². The van der Waals surface area contributed by atoms with Gasteiger partial charge in [0.2, 0.25) is 0 Å². The van der Waals surface area contributed by atoms with E-state index in [1.807, 2.05) is 0 Å². The Bertz CT molecular complexity index is 459. The number of carbonyl (C=O) groups excluding carboxylic acids is 1. The smallest absolute Gasteiger partial charge is 0.326 e. The molecule has 5 N–H and O–H groups in total. The molecule has 0 aliphatic rings. The first-order valence-corrected chi connectivity index (χ1v) is 5.95. The molecule has 0 radical (unpaired) electrons. The van der Waals surface area contributed by atoms with Gasteiger partial charge in [-0.3, -0.25) is 9.89 Å². The van der Waals surface area contributed by atoms with Crippen molar-refractivity contribution in [1.82, 2.24) is 20.8 Å². The van der Waals surface area contributed by atoms with Gasteiger partial charge in [-0.1, -0.05) is 0 Å². The summed E-state index contributed by atoms with van der Waals surface area (Å²) in [6.07, 6.45) is 3.22. The summed E-state index contributed by atoms with van der Waals surface area (Å²) in [5, 5.41) is 28.5. The molecule has 0 aliphatic carbocycles. The predicted molar refractivity (Wildman–Crippen MR) is 66.9 cm³/mol. The average Bonchev–Trinajstić information content (AvgIpc) is 2.87. The Kier molecular flexibility index (Phi) is 6.01. The van der Waals surface area contributed by atoms with Crippen LogP contribution in [0.4, 0.5) is 4.79 Å². The molecule has 1 atom stereocenters. The second kappa shape index (κ2) is 7.77. The number of amides is 2. The maximum atomic E-state index is 11.5. The zero-order valence-corrected chi connectivity index (χ0v) is 10.6. The van der Waals surface area contributed by atoms with Gasteiger partial charge in [-0.2, -0.15) is 5.10 Å². The topological polar surface area (TPSA) is 144 Å². The molecule has 1 aromatic rings. The van der Waals surface area contributed by atoms with Crippen LogP contribution in [0.2, 0.25) is 0 Å². The Balaban J connectivity index is 2.34. The second-order valence-electron chi connectivity index (χ2n) is 4.11. The van der Waals surface area contributed by atoms with Crippen molar-refractivity contribution in [2.45, 2.75) is 31.8 Å². The molecule has 1 rings (SSSR count). The third kappa shape index (κ3) is 5.85. The van der Waals surface area contributed by atoms with Crippen LogP contribution >= 0.6 is 0 Å². The Morgan fingerprint density at radius 1 is 1.35 bits per heavy atom. The fraction of sp³-hybridized carbons (Fsp3) is 0.455. The van der Waals surface area contributed by atoms with E-state index in [1.54, 1.807) is 6.20 Å². The summed E-state index contributed by atoms with van der Waals surface area (Å²) in [6.45, 7) is 0.212. The number of aliphatic carboxylic acids is 2. The van der Waals surface area contributed by atoms with Gasteiger partial charge in [0, 0.05) is 24.7 Å². The minimum atomic E-state index is -1.20. The molecule has 0 fully saturated rings. The van der Waals surface area contributed by atoms with Gasteiger partial charge in [0.1, 0.15) is 6.04 Å². The van der Waals surface area contributed by atoms with E-state index in [0.29, 0.717) is 0 Å². The average molecular weight is 284 g/mol. The monoisotopic (exact) mass is 284 g/mol. The molecule has 2 amide bonds. The highest BCUT2D eigenvalue weighted by atomic mass is 16.4. The highest BCUT2D eigenvalue weighted by Crippen LogP contribution is 2.02. The van der Waals surface area contributed by atoms with E-state index in [4.69, 9.17) is 10.2 Å². The van der Waals surface area contributed by atoms with Gasteiger partial charge in [-0.25, -0.2) is 9.59 Å². The lowest BCUT2D eigenvalue weighted by Gasteiger charge is -2.14. The van der Waals surface area contributed by atoms with Crippen molar-refractivity contribution in [3.63, 3.8) is 0 Å². The minimum Gasteiger partial charge on any atom is -0.481 e. The molecule has 0 bridgehead atoms. The van der Waals surface area contributed by atoms with Crippen molar-refractivity contribution < 1.29 is 24.6 Å². The summed E-state index contributed by atoms with van der Waals surface area (Å²) < 4.78 is 0. The summed E-state index contributed by atoms with van der Waals surface area (Å²) in [7, 11) is 0. The fourth-order valence-corrected chi connectivity index (χ4v) is 1.48. The minimum absolute atomic E-state index is 0.0563. The quantitative estimate of drug-likeness (QED) is 0.451. The molecule has 0 unspecified atom stereocenters. The molecule has 1 aromatic heterocycles. The number of carboxylic acids is 2. The molecule has 9 nitrogen and oxygen atoms in total. The molecular weight excluding hydrogens is 268 g/mol. The van der Waals surface area contributed by atoms with Gasteiger partial charge in [0.25, 0.3) is 0 Å². The number of hydrogen-bond donors (Lipinski definition) is 5. The van der Waals surface area contributed by atoms with Gasteiger partial charge in [-0.05, 0) is 12.8 Å². The first-order valence-electron chi connectivity index (χ1n) is 5.95. The standard InChI is InChI=1S/C11H16N4O5/c16-9(17)3-1-2-8(10(18)19)15-11(20)12-4-7-5-13-14-6-7/h5-6,8H,1-4H2,(H,13,14)(H,16,17)(H,18,19)(H2,12,15,20)/t8-/m1/s1. The second-order valence-corrected chi connectivity index (χ2v) is 4.11. The van der Waals surface area contributed by atoms with Crippen LogP contribution in [0, 0.1) is 0 Å². The summed E-state index contributed by atoms with van der Waals surface area (Å²) in [5.41, 5.74) is 0.748. The van der Waals surface area contributed by atoms with E-state index in [1.165, 1.54) is 6.20 Å². The van der Waals surface area contributed by atoms with Crippen molar-refractivity contribution in [1.29, 1.82) is 0 Å². The number of H-pyrrole nitrogens is 1. The molecule has 1 heterocycles. The van der Waals surface area contributed by atoms with Crippen molar-refractivity contribution in [3.8, 4) is 0 Å². The maximum absolute atomic E-state index is 11.5. The molecular formula is C11H16N4O5. The molecule has 20 heavy (non-hydrogen) atoms. The van der Waals surface area contributed by atoms with Crippen molar-refractivity contribution in [2.75, 3.05) is 0 Å². The molecule has 110 valence electrons. The van der Waals surface area contributed by atoms with Gasteiger partial charge in [0.15, 0.2) is 0 Å². The molecule has 9 heteroatoms. The summed E-state index contributed by atoms with van der Waals surface area (Å²) in [6, 6.07) is -1.74. The van der Waals surface area contributed by atoms with E-state index < -0.39 is 24.0 Å². The first-order chi connectivity index (χ1) is 9.49. The molecule has 0 saturated heterocycles. The summed E-state index contributed by atoms with van der Waals surface area (Å²) in [5.74, 6) is -2.20. The lowest BCUT2D eigenvalue weighted by Crippen LogP contribution is -2.45. The van der Waals surface area contributed by atoms with Crippen LogP contribution in [0.3, 0.4) is 0 Å². The van der Waals surface area contributed by atoms with Crippen molar-refractivity contribution in [3.05, 3.63) is 18.0 Å². The zero-order chi connectivity index (χ0) is 15.0. The van der Waals surface area contributed by atoms with Crippen LogP contribution in [0.1, 0.15) is 24.8 Å². The highest BCUT2D eigenvalue weighted by Gasteiger charge is 2.19. The maximum Gasteiger partial charge on any atom is 0.326 e. The van der Waals surface area contributed by atoms with E-state index in [2.05, 4.69) is 20.8 Å². The van der Waals surface area contributed by atoms with Gasteiger partial charge >= 0.3 is 18.0 Å².